The molecule has 37 heavy (non-hydrogen) atoms. The molecule has 0 saturated heterocycles. The molecule has 0 atom stereocenters. The molecule has 12 heteroatoms. The number of hydrogen-bond acceptors (Lipinski definition) is 7. The van der Waals surface area contributed by atoms with E-state index in [1.807, 2.05) is 0 Å². The molecule has 1 amide bonds. The molecule has 1 N–H and O–H groups in total. The van der Waals surface area contributed by atoms with E-state index in [0.29, 0.717) is 15.1 Å². The molecular weight excluding hydrogens is 485 g/mol. The maximum Gasteiger partial charge on any atom is 0.377 e. The second-order valence-corrected chi connectivity index (χ2v) is 8.02. The van der Waals surface area contributed by atoms with Crippen molar-refractivity contribution in [2.75, 3.05) is 12.0 Å². The molecule has 1 heterocycles. The first-order valence-corrected chi connectivity index (χ1v) is 11.0. The van der Waals surface area contributed by atoms with Gasteiger partial charge in [0.1, 0.15) is 17.2 Å². The third-order valence-corrected chi connectivity index (χ3v) is 5.30. The Morgan fingerprint density at radius 3 is 2.38 bits per heavy atom. The molecule has 190 valence electrons. The molecule has 0 spiro atoms. The van der Waals surface area contributed by atoms with Gasteiger partial charge in [-0.05, 0) is 66.7 Å². The summed E-state index contributed by atoms with van der Waals surface area (Å²) in [5.74, 6) is -1.42. The lowest BCUT2D eigenvalue weighted by Gasteiger charge is -2.27. The van der Waals surface area contributed by atoms with Gasteiger partial charge in [0, 0.05) is 6.04 Å². The summed E-state index contributed by atoms with van der Waals surface area (Å²) in [7, 11) is 1.29. The number of amides is 1. The molecular formula is C25H22FN5O6. The summed E-state index contributed by atoms with van der Waals surface area (Å²) >= 11 is 0. The van der Waals surface area contributed by atoms with Crippen molar-refractivity contribution >= 4 is 17.7 Å². The SMILES string of the molecule is COc1cccc(F)c1-n1nnn(C(=O)N(c2cc(C(=O)O)ccc2Oc2ccccc2)C(C)C)c1=O. The van der Waals surface area contributed by atoms with Gasteiger partial charge in [0.15, 0.2) is 11.6 Å². The number of carboxylic acids is 1. The van der Waals surface area contributed by atoms with Crippen molar-refractivity contribution in [3.8, 4) is 22.9 Å². The minimum atomic E-state index is -1.22. The Labute approximate surface area is 209 Å². The normalized spacial score (nSPS) is 10.8. The third-order valence-electron chi connectivity index (χ3n) is 5.30. The van der Waals surface area contributed by atoms with E-state index in [9.17, 15) is 23.9 Å². The molecule has 11 nitrogen and oxygen atoms in total. The second-order valence-electron chi connectivity index (χ2n) is 8.02. The van der Waals surface area contributed by atoms with Crippen molar-refractivity contribution in [3.05, 3.63) is 88.6 Å². The number of anilines is 1. The van der Waals surface area contributed by atoms with Gasteiger partial charge in [-0.2, -0.15) is 4.68 Å². The van der Waals surface area contributed by atoms with Crippen molar-refractivity contribution in [2.24, 2.45) is 0 Å². The van der Waals surface area contributed by atoms with Crippen LogP contribution < -0.4 is 20.1 Å². The molecule has 0 aliphatic heterocycles. The zero-order chi connectivity index (χ0) is 26.7. The van der Waals surface area contributed by atoms with Crippen molar-refractivity contribution < 1.29 is 28.6 Å². The van der Waals surface area contributed by atoms with Crippen LogP contribution in [0.1, 0.15) is 24.2 Å². The average molecular weight is 507 g/mol. The first-order valence-electron chi connectivity index (χ1n) is 11.0. The number of para-hydroxylation sites is 2. The fourth-order valence-corrected chi connectivity index (χ4v) is 3.62. The van der Waals surface area contributed by atoms with Gasteiger partial charge in [-0.3, -0.25) is 4.90 Å². The predicted octanol–water partition coefficient (Wildman–Crippen LogP) is 3.95. The summed E-state index contributed by atoms with van der Waals surface area (Å²) in [5, 5.41) is 16.9. The van der Waals surface area contributed by atoms with Crippen LogP contribution in [0.5, 0.6) is 17.2 Å². The molecule has 3 aromatic carbocycles. The number of halogens is 1. The summed E-state index contributed by atoms with van der Waals surface area (Å²) in [6, 6.07) is 15.1. The molecule has 0 bridgehead atoms. The number of hydrogen-bond donors (Lipinski definition) is 1. The van der Waals surface area contributed by atoms with E-state index in [2.05, 4.69) is 10.4 Å². The van der Waals surface area contributed by atoms with Gasteiger partial charge >= 0.3 is 17.7 Å². The predicted molar refractivity (Wildman–Crippen MR) is 130 cm³/mol. The van der Waals surface area contributed by atoms with Gasteiger partial charge in [0.05, 0.1) is 18.4 Å². The molecule has 0 fully saturated rings. The van der Waals surface area contributed by atoms with E-state index >= 15 is 0 Å². The Hall–Kier alpha value is -5.00. The lowest BCUT2D eigenvalue weighted by Crippen LogP contribution is -2.45. The molecule has 0 radical (unpaired) electrons. The van der Waals surface area contributed by atoms with Crippen molar-refractivity contribution in [1.29, 1.82) is 0 Å². The Kier molecular flexibility index (Phi) is 7.00. The molecule has 4 aromatic rings. The number of carbonyl (C=O) groups excluding carboxylic acids is 1. The summed E-state index contributed by atoms with van der Waals surface area (Å²) in [6.45, 7) is 3.32. The first kappa shape index (κ1) is 25.1. The highest BCUT2D eigenvalue weighted by atomic mass is 19.1. The van der Waals surface area contributed by atoms with Gasteiger partial charge in [0.25, 0.3) is 0 Å². The lowest BCUT2D eigenvalue weighted by molar-refractivity contribution is 0.0696. The zero-order valence-corrected chi connectivity index (χ0v) is 20.0. The van der Waals surface area contributed by atoms with Crippen LogP contribution in [0.4, 0.5) is 14.9 Å². The van der Waals surface area contributed by atoms with E-state index < -0.39 is 29.5 Å². The number of carboxylic acid groups (broad SMARTS) is 1. The molecule has 0 aliphatic carbocycles. The minimum absolute atomic E-state index is 0.00928. The Balaban J connectivity index is 1.82. The highest BCUT2D eigenvalue weighted by Crippen LogP contribution is 2.35. The van der Waals surface area contributed by atoms with Gasteiger partial charge in [-0.1, -0.05) is 24.3 Å². The van der Waals surface area contributed by atoms with E-state index in [0.717, 1.165) is 11.0 Å². The van der Waals surface area contributed by atoms with Gasteiger partial charge in [-0.25, -0.2) is 18.8 Å². The number of aromatic carboxylic acids is 1. The van der Waals surface area contributed by atoms with Crippen LogP contribution in [-0.2, 0) is 0 Å². The molecule has 1 aromatic heterocycles. The van der Waals surface area contributed by atoms with Crippen molar-refractivity contribution in [3.63, 3.8) is 0 Å². The van der Waals surface area contributed by atoms with E-state index in [4.69, 9.17) is 9.47 Å². The number of rotatable bonds is 7. The fraction of sp³-hybridized carbons (Fsp3) is 0.160. The third kappa shape index (κ3) is 4.89. The van der Waals surface area contributed by atoms with Gasteiger partial charge < -0.3 is 14.6 Å². The Morgan fingerprint density at radius 1 is 1.00 bits per heavy atom. The number of benzene rings is 3. The maximum absolute atomic E-state index is 14.6. The summed E-state index contributed by atoms with van der Waals surface area (Å²) in [5.41, 5.74) is -1.40. The average Bonchev–Trinajstić information content (AvgIpc) is 3.25. The number of tetrazole rings is 1. The van der Waals surface area contributed by atoms with E-state index in [1.165, 1.54) is 37.4 Å². The van der Waals surface area contributed by atoms with Gasteiger partial charge in [-0.15, -0.1) is 4.68 Å². The van der Waals surface area contributed by atoms with E-state index in [-0.39, 0.29) is 28.4 Å². The largest absolute Gasteiger partial charge is 0.494 e. The number of carbonyl (C=O) groups is 2. The minimum Gasteiger partial charge on any atom is -0.494 e. The van der Waals surface area contributed by atoms with Crippen molar-refractivity contribution in [2.45, 2.75) is 19.9 Å². The van der Waals surface area contributed by atoms with Crippen LogP contribution in [0.15, 0.2) is 71.5 Å². The Morgan fingerprint density at radius 2 is 1.73 bits per heavy atom. The topological polar surface area (TPSA) is 129 Å². The van der Waals surface area contributed by atoms with Crippen LogP contribution in [-0.4, -0.2) is 50.0 Å². The first-order chi connectivity index (χ1) is 17.7. The van der Waals surface area contributed by atoms with Crippen LogP contribution in [0, 0.1) is 5.82 Å². The summed E-state index contributed by atoms with van der Waals surface area (Å²) < 4.78 is 26.7. The lowest BCUT2D eigenvalue weighted by atomic mass is 10.1. The number of nitrogens with zero attached hydrogens (tertiary/aromatic N) is 5. The molecule has 4 rings (SSSR count). The highest BCUT2D eigenvalue weighted by molar-refractivity contribution is 5.97. The smallest absolute Gasteiger partial charge is 0.377 e. The fourth-order valence-electron chi connectivity index (χ4n) is 3.62. The number of aromatic nitrogens is 4. The van der Waals surface area contributed by atoms with Crippen LogP contribution >= 0.6 is 0 Å². The number of ether oxygens (including phenoxy) is 2. The number of methoxy groups -OCH3 is 1. The van der Waals surface area contributed by atoms with E-state index in [1.54, 1.807) is 44.2 Å². The summed E-state index contributed by atoms with van der Waals surface area (Å²) in [4.78, 5) is 39.6. The quantitative estimate of drug-likeness (QED) is 0.372. The zero-order valence-electron chi connectivity index (χ0n) is 20.0. The molecule has 0 aliphatic rings. The maximum atomic E-state index is 14.6. The van der Waals surface area contributed by atoms with Crippen LogP contribution in [0.3, 0.4) is 0 Å². The molecule has 0 saturated carbocycles. The second kappa shape index (κ2) is 10.3. The monoisotopic (exact) mass is 507 g/mol. The Bertz CT molecular complexity index is 1520. The van der Waals surface area contributed by atoms with Crippen LogP contribution in [0.25, 0.3) is 5.69 Å². The summed E-state index contributed by atoms with van der Waals surface area (Å²) in [6.07, 6.45) is 0. The standard InChI is InChI=1S/C25H22FN5O6/c1-15(2)29(19-14-16(23(32)33)12-13-20(19)37-17-8-5-4-6-9-17)24(34)31-25(35)30(27-28-31)22-18(26)10-7-11-21(22)36-3/h4-15H,1-3H3,(H,32,33). The molecule has 0 unspecified atom stereocenters. The highest BCUT2D eigenvalue weighted by Gasteiger charge is 2.29. The van der Waals surface area contributed by atoms with Gasteiger partial charge in [0.2, 0.25) is 0 Å². The van der Waals surface area contributed by atoms with Crippen molar-refractivity contribution in [1.82, 2.24) is 19.8 Å². The van der Waals surface area contributed by atoms with Crippen LogP contribution in [0.2, 0.25) is 0 Å².